The Labute approximate surface area is 190 Å². The van der Waals surface area contributed by atoms with Gasteiger partial charge in [0.1, 0.15) is 17.1 Å². The molecule has 9 nitrogen and oxygen atoms in total. The van der Waals surface area contributed by atoms with E-state index in [2.05, 4.69) is 25.1 Å². The zero-order valence-corrected chi connectivity index (χ0v) is 19.3. The number of pyridine rings is 1. The van der Waals surface area contributed by atoms with Crippen LogP contribution in [0.2, 0.25) is 0 Å². The Morgan fingerprint density at radius 1 is 1.28 bits per heavy atom. The van der Waals surface area contributed by atoms with E-state index in [1.54, 1.807) is 32.5 Å². The fourth-order valence-electron chi connectivity index (χ4n) is 3.53. The molecule has 0 radical (unpaired) electrons. The molecular formula is C22H27N5O4S. The number of carbonyl (C=O) groups is 1. The second-order valence-corrected chi connectivity index (χ2v) is 8.35. The van der Waals surface area contributed by atoms with Gasteiger partial charge in [0, 0.05) is 45.6 Å². The average Bonchev–Trinajstić information content (AvgIpc) is 3.26. The molecule has 3 heterocycles. The van der Waals surface area contributed by atoms with Crippen molar-refractivity contribution in [2.24, 2.45) is 0 Å². The lowest BCUT2D eigenvalue weighted by Crippen LogP contribution is -2.36. The Morgan fingerprint density at radius 2 is 2.09 bits per heavy atom. The summed E-state index contributed by atoms with van der Waals surface area (Å²) in [6.07, 6.45) is 1.66. The number of anilines is 3. The highest BCUT2D eigenvalue weighted by molar-refractivity contribution is 7.23. The second kappa shape index (κ2) is 10.1. The Morgan fingerprint density at radius 3 is 2.84 bits per heavy atom. The summed E-state index contributed by atoms with van der Waals surface area (Å²) < 4.78 is 17.0. The number of thiazole rings is 1. The molecule has 1 fully saturated rings. The minimum absolute atomic E-state index is 0.228. The molecule has 0 atom stereocenters. The van der Waals surface area contributed by atoms with Gasteiger partial charge in [-0.2, -0.15) is 0 Å². The first kappa shape index (κ1) is 22.3. The van der Waals surface area contributed by atoms with Crippen LogP contribution in [0.5, 0.6) is 5.75 Å². The monoisotopic (exact) mass is 457 g/mol. The smallest absolute Gasteiger partial charge is 0.257 e. The molecule has 0 unspecified atom stereocenters. The van der Waals surface area contributed by atoms with Gasteiger partial charge in [-0.1, -0.05) is 11.3 Å². The number of ether oxygens (including phenoxy) is 3. The molecule has 1 N–H and O–H groups in total. The van der Waals surface area contributed by atoms with Gasteiger partial charge in [0.15, 0.2) is 5.13 Å². The maximum Gasteiger partial charge on any atom is 0.257 e. The van der Waals surface area contributed by atoms with Crippen molar-refractivity contribution in [3.05, 3.63) is 36.0 Å². The third-order valence-electron chi connectivity index (χ3n) is 5.31. The summed E-state index contributed by atoms with van der Waals surface area (Å²) in [6, 6.07) is 7.40. The lowest BCUT2D eigenvalue weighted by Gasteiger charge is -2.27. The third-order valence-corrected chi connectivity index (χ3v) is 6.30. The number of nitrogens with zero attached hydrogens (tertiary/aromatic N) is 4. The SMILES string of the molecule is COCCN(C)c1ccc(OC)c2nc(NC(=O)c3ccnc(N4CCOCC4)c3)sc12. The fourth-order valence-corrected chi connectivity index (χ4v) is 4.58. The first-order valence-corrected chi connectivity index (χ1v) is 11.2. The first-order valence-electron chi connectivity index (χ1n) is 10.4. The number of benzene rings is 1. The van der Waals surface area contributed by atoms with E-state index < -0.39 is 0 Å². The summed E-state index contributed by atoms with van der Waals surface area (Å²) in [6.45, 7) is 4.18. The molecule has 10 heteroatoms. The molecule has 1 saturated heterocycles. The van der Waals surface area contributed by atoms with E-state index in [0.717, 1.165) is 41.4 Å². The van der Waals surface area contributed by atoms with E-state index in [1.807, 2.05) is 19.2 Å². The Hall–Kier alpha value is -2.95. The summed E-state index contributed by atoms with van der Waals surface area (Å²) in [4.78, 5) is 26.2. The molecule has 0 saturated carbocycles. The second-order valence-electron chi connectivity index (χ2n) is 7.35. The molecular weight excluding hydrogens is 430 g/mol. The van der Waals surface area contributed by atoms with Gasteiger partial charge in [0.2, 0.25) is 0 Å². The molecule has 170 valence electrons. The van der Waals surface area contributed by atoms with Crippen LogP contribution in [0.3, 0.4) is 0 Å². The molecule has 4 rings (SSSR count). The number of fused-ring (bicyclic) bond motifs is 1. The van der Waals surface area contributed by atoms with E-state index in [4.69, 9.17) is 14.2 Å². The number of likely N-dealkylation sites (N-methyl/N-ethyl adjacent to an activating group) is 1. The van der Waals surface area contributed by atoms with E-state index in [9.17, 15) is 4.79 Å². The van der Waals surface area contributed by atoms with Gasteiger partial charge < -0.3 is 24.0 Å². The number of nitrogens with one attached hydrogen (secondary N) is 1. The first-order chi connectivity index (χ1) is 15.6. The van der Waals surface area contributed by atoms with Crippen LogP contribution in [0, 0.1) is 0 Å². The third kappa shape index (κ3) is 4.77. The summed E-state index contributed by atoms with van der Waals surface area (Å²) in [5.41, 5.74) is 2.26. The lowest BCUT2D eigenvalue weighted by molar-refractivity contribution is 0.102. The summed E-state index contributed by atoms with van der Waals surface area (Å²) in [5.74, 6) is 1.21. The Kier molecular flexibility index (Phi) is 7.03. The van der Waals surface area contributed by atoms with E-state index in [0.29, 0.717) is 36.3 Å². The fraction of sp³-hybridized carbons (Fsp3) is 0.409. The maximum absolute atomic E-state index is 13.0. The van der Waals surface area contributed by atoms with Crippen molar-refractivity contribution in [2.45, 2.75) is 0 Å². The molecule has 0 spiro atoms. The van der Waals surface area contributed by atoms with Crippen molar-refractivity contribution in [2.75, 3.05) is 75.8 Å². The number of hydrogen-bond donors (Lipinski definition) is 1. The minimum atomic E-state index is -0.228. The Balaban J connectivity index is 1.58. The van der Waals surface area contributed by atoms with Gasteiger partial charge >= 0.3 is 0 Å². The van der Waals surface area contributed by atoms with Crippen molar-refractivity contribution < 1.29 is 19.0 Å². The summed E-state index contributed by atoms with van der Waals surface area (Å²) in [7, 11) is 5.30. The molecule has 1 amide bonds. The highest BCUT2D eigenvalue weighted by atomic mass is 32.1. The van der Waals surface area contributed by atoms with E-state index in [-0.39, 0.29) is 5.91 Å². The largest absolute Gasteiger partial charge is 0.494 e. The molecule has 1 aromatic carbocycles. The molecule has 32 heavy (non-hydrogen) atoms. The van der Waals surface area contributed by atoms with Gasteiger partial charge in [0.25, 0.3) is 5.91 Å². The van der Waals surface area contributed by atoms with E-state index in [1.165, 1.54) is 11.3 Å². The highest BCUT2D eigenvalue weighted by Gasteiger charge is 2.19. The van der Waals surface area contributed by atoms with Gasteiger partial charge in [-0.3, -0.25) is 10.1 Å². The van der Waals surface area contributed by atoms with Crippen LogP contribution in [-0.4, -0.2) is 76.6 Å². The van der Waals surface area contributed by atoms with Crippen LogP contribution in [0.25, 0.3) is 10.2 Å². The number of methoxy groups -OCH3 is 2. The predicted octanol–water partition coefficient (Wildman–Crippen LogP) is 2.87. The summed E-state index contributed by atoms with van der Waals surface area (Å²) >= 11 is 1.42. The standard InChI is InChI=1S/C22H27N5O4S/c1-26(8-11-29-2)16-4-5-17(30-3)19-20(16)32-22(24-19)25-21(28)15-6-7-23-18(14-15)27-9-12-31-13-10-27/h4-7,14H,8-13H2,1-3H3,(H,24,25,28). The molecule has 0 aliphatic carbocycles. The van der Waals surface area contributed by atoms with Crippen LogP contribution in [0.1, 0.15) is 10.4 Å². The number of rotatable bonds is 8. The van der Waals surface area contributed by atoms with Crippen molar-refractivity contribution in [3.63, 3.8) is 0 Å². The highest BCUT2D eigenvalue weighted by Crippen LogP contribution is 2.39. The average molecular weight is 458 g/mol. The van der Waals surface area contributed by atoms with Crippen molar-refractivity contribution in [3.8, 4) is 5.75 Å². The van der Waals surface area contributed by atoms with Crippen LogP contribution < -0.4 is 19.9 Å². The number of carbonyl (C=O) groups excluding carboxylic acids is 1. The van der Waals surface area contributed by atoms with Gasteiger partial charge in [-0.15, -0.1) is 0 Å². The van der Waals surface area contributed by atoms with E-state index >= 15 is 0 Å². The zero-order valence-electron chi connectivity index (χ0n) is 18.5. The zero-order chi connectivity index (χ0) is 22.5. The molecule has 3 aromatic rings. The number of amides is 1. The molecule has 2 aromatic heterocycles. The molecule has 0 bridgehead atoms. The predicted molar refractivity (Wildman–Crippen MR) is 127 cm³/mol. The molecule has 1 aliphatic rings. The number of morpholine rings is 1. The normalized spacial score (nSPS) is 13.9. The minimum Gasteiger partial charge on any atom is -0.494 e. The quantitative estimate of drug-likeness (QED) is 0.552. The van der Waals surface area contributed by atoms with Crippen molar-refractivity contribution >= 4 is 44.1 Å². The van der Waals surface area contributed by atoms with Crippen LogP contribution in [0.15, 0.2) is 30.5 Å². The van der Waals surface area contributed by atoms with Crippen molar-refractivity contribution in [1.29, 1.82) is 0 Å². The van der Waals surface area contributed by atoms with Crippen molar-refractivity contribution in [1.82, 2.24) is 9.97 Å². The van der Waals surface area contributed by atoms with Gasteiger partial charge in [0.05, 0.1) is 37.3 Å². The van der Waals surface area contributed by atoms with Gasteiger partial charge in [-0.25, -0.2) is 9.97 Å². The molecule has 1 aliphatic heterocycles. The van der Waals surface area contributed by atoms with Crippen LogP contribution >= 0.6 is 11.3 Å². The van der Waals surface area contributed by atoms with Crippen LogP contribution in [0.4, 0.5) is 16.6 Å². The maximum atomic E-state index is 13.0. The number of aromatic nitrogens is 2. The van der Waals surface area contributed by atoms with Gasteiger partial charge in [-0.05, 0) is 24.3 Å². The summed E-state index contributed by atoms with van der Waals surface area (Å²) in [5, 5.41) is 3.45. The van der Waals surface area contributed by atoms with Crippen LogP contribution in [-0.2, 0) is 9.47 Å². The lowest BCUT2D eigenvalue weighted by atomic mass is 10.2. The Bertz CT molecular complexity index is 1080. The number of hydrogen-bond acceptors (Lipinski definition) is 9. The topological polar surface area (TPSA) is 89.1 Å².